The minimum Gasteiger partial charge on any atom is -0.294 e. The highest BCUT2D eigenvalue weighted by atomic mass is 16.1. The lowest BCUT2D eigenvalue weighted by molar-refractivity contribution is -0.119. The number of hydrogen-bond acceptors (Lipinski definition) is 2. The average molecular weight is 258 g/mol. The summed E-state index contributed by atoms with van der Waals surface area (Å²) in [5.41, 5.74) is 2.29. The molecule has 1 saturated carbocycles. The van der Waals surface area contributed by atoms with Gasteiger partial charge in [-0.3, -0.25) is 9.59 Å². The molecule has 1 fully saturated rings. The van der Waals surface area contributed by atoms with Crippen molar-refractivity contribution in [2.75, 3.05) is 0 Å². The van der Waals surface area contributed by atoms with Gasteiger partial charge in [0.05, 0.1) is 5.57 Å². The molecule has 0 amide bonds. The Morgan fingerprint density at radius 1 is 1.21 bits per heavy atom. The standard InChI is InChI=1S/C17H22O2/c1-12-8-10-15(18)17(13(12)2)16(19)11-9-14-6-4-3-5-7-14/h8-9,11,14H,3-7,10H2,1-2H3/b11-9+. The second-order valence-electron chi connectivity index (χ2n) is 5.64. The summed E-state index contributed by atoms with van der Waals surface area (Å²) in [5.74, 6) is 0.371. The second kappa shape index (κ2) is 6.14. The largest absolute Gasteiger partial charge is 0.294 e. The Morgan fingerprint density at radius 3 is 2.58 bits per heavy atom. The van der Waals surface area contributed by atoms with Crippen molar-refractivity contribution in [1.82, 2.24) is 0 Å². The topological polar surface area (TPSA) is 34.1 Å². The first-order chi connectivity index (χ1) is 9.09. The Kier molecular flexibility index (Phi) is 4.52. The van der Waals surface area contributed by atoms with Gasteiger partial charge in [-0.25, -0.2) is 0 Å². The van der Waals surface area contributed by atoms with Gasteiger partial charge in [0.2, 0.25) is 0 Å². The molecule has 0 bridgehead atoms. The zero-order valence-corrected chi connectivity index (χ0v) is 11.9. The summed E-state index contributed by atoms with van der Waals surface area (Å²) in [6.45, 7) is 3.82. The van der Waals surface area contributed by atoms with E-state index >= 15 is 0 Å². The monoisotopic (exact) mass is 258 g/mol. The van der Waals surface area contributed by atoms with Gasteiger partial charge in [-0.1, -0.05) is 37.0 Å². The molecule has 2 heteroatoms. The molecule has 2 aliphatic carbocycles. The number of hydrogen-bond donors (Lipinski definition) is 0. The Labute approximate surface area is 115 Å². The van der Waals surface area contributed by atoms with Crippen molar-refractivity contribution >= 4 is 11.6 Å². The molecule has 0 N–H and O–H groups in total. The van der Waals surface area contributed by atoms with Gasteiger partial charge in [0.15, 0.2) is 11.6 Å². The summed E-state index contributed by atoms with van der Waals surface area (Å²) in [4.78, 5) is 24.1. The highest BCUT2D eigenvalue weighted by Gasteiger charge is 2.22. The maximum atomic E-state index is 12.2. The number of carbonyl (C=O) groups excluding carboxylic acids is 2. The summed E-state index contributed by atoms with van der Waals surface area (Å²) < 4.78 is 0. The molecule has 0 aromatic rings. The molecule has 102 valence electrons. The fraction of sp³-hybridized carbons (Fsp3) is 0.529. The first kappa shape index (κ1) is 14.0. The van der Waals surface area contributed by atoms with Gasteiger partial charge in [0, 0.05) is 6.42 Å². The van der Waals surface area contributed by atoms with Crippen molar-refractivity contribution in [1.29, 1.82) is 0 Å². The summed E-state index contributed by atoms with van der Waals surface area (Å²) >= 11 is 0. The Balaban J connectivity index is 2.10. The third kappa shape index (κ3) is 3.31. The van der Waals surface area contributed by atoms with E-state index in [1.54, 1.807) is 6.08 Å². The summed E-state index contributed by atoms with van der Waals surface area (Å²) in [5, 5.41) is 0. The first-order valence-corrected chi connectivity index (χ1v) is 7.23. The van der Waals surface area contributed by atoms with Crippen LogP contribution in [0.5, 0.6) is 0 Å². The molecule has 19 heavy (non-hydrogen) atoms. The van der Waals surface area contributed by atoms with E-state index in [4.69, 9.17) is 0 Å². The molecule has 0 aromatic carbocycles. The molecular weight excluding hydrogens is 236 g/mol. The fourth-order valence-electron chi connectivity index (χ4n) is 2.86. The van der Waals surface area contributed by atoms with Crippen LogP contribution in [0.1, 0.15) is 52.4 Å². The molecule has 2 nitrogen and oxygen atoms in total. The second-order valence-corrected chi connectivity index (χ2v) is 5.64. The summed E-state index contributed by atoms with van der Waals surface area (Å²) in [7, 11) is 0. The number of rotatable bonds is 3. The highest BCUT2D eigenvalue weighted by molar-refractivity contribution is 6.25. The third-order valence-corrected chi connectivity index (χ3v) is 4.25. The number of Topliss-reactive ketones (excluding diaryl/α,β-unsaturated/α-hetero) is 1. The maximum Gasteiger partial charge on any atom is 0.189 e. The third-order valence-electron chi connectivity index (χ3n) is 4.25. The van der Waals surface area contributed by atoms with Crippen LogP contribution in [0.3, 0.4) is 0 Å². The smallest absolute Gasteiger partial charge is 0.189 e. The normalized spacial score (nSPS) is 22.0. The van der Waals surface area contributed by atoms with E-state index in [-0.39, 0.29) is 11.6 Å². The molecule has 2 rings (SSSR count). The van der Waals surface area contributed by atoms with Gasteiger partial charge in [0.25, 0.3) is 0 Å². The van der Waals surface area contributed by atoms with E-state index in [0.29, 0.717) is 17.9 Å². The Morgan fingerprint density at radius 2 is 1.89 bits per heavy atom. The number of ketones is 2. The minimum absolute atomic E-state index is 0.0404. The van der Waals surface area contributed by atoms with Gasteiger partial charge >= 0.3 is 0 Å². The predicted molar refractivity (Wildman–Crippen MR) is 76.8 cm³/mol. The van der Waals surface area contributed by atoms with Crippen LogP contribution < -0.4 is 0 Å². The van der Waals surface area contributed by atoms with E-state index in [2.05, 4.69) is 0 Å². The molecular formula is C17H22O2. The van der Waals surface area contributed by atoms with Gasteiger partial charge in [-0.15, -0.1) is 0 Å². The molecule has 0 saturated heterocycles. The molecule has 0 aliphatic heterocycles. The maximum absolute atomic E-state index is 12.2. The van der Waals surface area contributed by atoms with Crippen molar-refractivity contribution in [2.24, 2.45) is 5.92 Å². The quantitative estimate of drug-likeness (QED) is 0.568. The molecule has 0 radical (unpaired) electrons. The SMILES string of the molecule is CC1=CCC(=O)C(C(=O)/C=C/C2CCCCC2)=C1C. The molecule has 0 atom stereocenters. The summed E-state index contributed by atoms with van der Waals surface area (Å²) in [6, 6.07) is 0. The van der Waals surface area contributed by atoms with Crippen molar-refractivity contribution in [3.8, 4) is 0 Å². The zero-order chi connectivity index (χ0) is 13.8. The van der Waals surface area contributed by atoms with Gasteiger partial charge in [-0.05, 0) is 44.3 Å². The zero-order valence-electron chi connectivity index (χ0n) is 11.9. The van der Waals surface area contributed by atoms with Crippen LogP contribution in [0, 0.1) is 5.92 Å². The van der Waals surface area contributed by atoms with Crippen LogP contribution in [0.2, 0.25) is 0 Å². The first-order valence-electron chi connectivity index (χ1n) is 7.23. The van der Waals surface area contributed by atoms with Crippen LogP contribution in [-0.2, 0) is 9.59 Å². The van der Waals surface area contributed by atoms with Gasteiger partial charge < -0.3 is 0 Å². The minimum atomic E-state index is -0.111. The lowest BCUT2D eigenvalue weighted by Crippen LogP contribution is -2.16. The Bertz CT molecular complexity index is 471. The van der Waals surface area contributed by atoms with Gasteiger partial charge in [0.1, 0.15) is 0 Å². The van der Waals surface area contributed by atoms with Crippen molar-refractivity contribution in [3.63, 3.8) is 0 Å². The number of carbonyl (C=O) groups is 2. The van der Waals surface area contributed by atoms with E-state index < -0.39 is 0 Å². The van der Waals surface area contributed by atoms with Crippen molar-refractivity contribution < 1.29 is 9.59 Å². The van der Waals surface area contributed by atoms with Crippen LogP contribution in [0.25, 0.3) is 0 Å². The molecule has 0 spiro atoms. The highest BCUT2D eigenvalue weighted by Crippen LogP contribution is 2.26. The molecule has 2 aliphatic rings. The van der Waals surface area contributed by atoms with Crippen molar-refractivity contribution in [3.05, 3.63) is 34.9 Å². The van der Waals surface area contributed by atoms with E-state index in [9.17, 15) is 9.59 Å². The predicted octanol–water partition coefficient (Wildman–Crippen LogP) is 3.93. The van der Waals surface area contributed by atoms with E-state index in [1.165, 1.54) is 32.1 Å². The molecule has 0 unspecified atom stereocenters. The molecule has 0 aromatic heterocycles. The van der Waals surface area contributed by atoms with E-state index in [1.807, 2.05) is 26.0 Å². The van der Waals surface area contributed by atoms with Crippen LogP contribution in [0.4, 0.5) is 0 Å². The van der Waals surface area contributed by atoms with Gasteiger partial charge in [-0.2, -0.15) is 0 Å². The fourth-order valence-corrected chi connectivity index (χ4v) is 2.86. The lowest BCUT2D eigenvalue weighted by atomic mass is 9.86. The van der Waals surface area contributed by atoms with Crippen LogP contribution in [-0.4, -0.2) is 11.6 Å². The van der Waals surface area contributed by atoms with Crippen LogP contribution in [0.15, 0.2) is 34.9 Å². The van der Waals surface area contributed by atoms with Crippen LogP contribution >= 0.6 is 0 Å². The lowest BCUT2D eigenvalue weighted by Gasteiger charge is -2.18. The average Bonchev–Trinajstić information content (AvgIpc) is 2.42. The van der Waals surface area contributed by atoms with E-state index in [0.717, 1.165) is 11.1 Å². The number of allylic oxidation sites excluding steroid dienone is 6. The summed E-state index contributed by atoms with van der Waals surface area (Å²) in [6.07, 6.45) is 12.1. The Hall–Kier alpha value is -1.44. The molecule has 0 heterocycles. The van der Waals surface area contributed by atoms with Crippen molar-refractivity contribution in [2.45, 2.75) is 52.4 Å².